The van der Waals surface area contributed by atoms with Gasteiger partial charge in [-0.2, -0.15) is 0 Å². The molecule has 0 amide bonds. The summed E-state index contributed by atoms with van der Waals surface area (Å²) in [6.07, 6.45) is -4.98. The Hall–Kier alpha value is -0.700. The summed E-state index contributed by atoms with van der Waals surface area (Å²) in [5, 5.41) is 0. The van der Waals surface area contributed by atoms with Crippen molar-refractivity contribution in [1.29, 1.82) is 0 Å². The van der Waals surface area contributed by atoms with Crippen LogP contribution in [0.3, 0.4) is 0 Å². The molecule has 132 valence electrons. The Morgan fingerprint density at radius 2 is 2.04 bits per heavy atom. The molecule has 8 heteroatoms. The van der Waals surface area contributed by atoms with Crippen LogP contribution in [0, 0.1) is 11.8 Å². The summed E-state index contributed by atoms with van der Waals surface area (Å²) in [6.45, 7) is 3.72. The third-order valence-corrected chi connectivity index (χ3v) is 5.30. The Balaban J connectivity index is 1.69. The van der Waals surface area contributed by atoms with E-state index in [0.717, 1.165) is 0 Å². The maximum atomic E-state index is 12.4. The zero-order valence-electron chi connectivity index (χ0n) is 13.3. The van der Waals surface area contributed by atoms with Crippen LogP contribution in [0.2, 0.25) is 0 Å². The fourth-order valence-corrected chi connectivity index (χ4v) is 4.10. The second-order valence-corrected chi connectivity index (χ2v) is 6.87. The molecule has 0 N–H and O–H groups in total. The van der Waals surface area contributed by atoms with E-state index in [4.69, 9.17) is 14.2 Å². The Labute approximate surface area is 132 Å². The fourth-order valence-electron chi connectivity index (χ4n) is 4.10. The molecule has 3 fully saturated rings. The molecule has 1 aliphatic carbocycles. The van der Waals surface area contributed by atoms with Crippen molar-refractivity contribution in [3.05, 3.63) is 0 Å². The van der Waals surface area contributed by atoms with Crippen LogP contribution in [-0.4, -0.2) is 55.9 Å². The van der Waals surface area contributed by atoms with Gasteiger partial charge in [-0.05, 0) is 13.3 Å². The monoisotopic (exact) mass is 338 g/mol. The lowest BCUT2D eigenvalue weighted by Gasteiger charge is -2.40. The number of hydrogen-bond donors (Lipinski definition) is 0. The molecule has 1 spiro atoms. The molecule has 2 heterocycles. The van der Waals surface area contributed by atoms with E-state index < -0.39 is 36.4 Å². The maximum absolute atomic E-state index is 12.4. The zero-order chi connectivity index (χ0) is 17.0. The Kier molecular flexibility index (Phi) is 4.03. The summed E-state index contributed by atoms with van der Waals surface area (Å²) in [6, 6.07) is 0. The average Bonchev–Trinajstić information content (AvgIpc) is 3.32. The number of hydrogen-bond acceptors (Lipinski definition) is 5. The number of methoxy groups -OCH3 is 1. The SMILES string of the molecule is CO[C@@H]1C(=O)[C@@H](C)C[C@]2(CO2)[C@H]1[C@@]1(C)O[C@@H]1CCOC(F)(F)F. The van der Waals surface area contributed by atoms with Gasteiger partial charge in [0, 0.05) is 19.4 Å². The predicted octanol–water partition coefficient (Wildman–Crippen LogP) is 2.08. The number of alkyl halides is 3. The van der Waals surface area contributed by atoms with Crippen molar-refractivity contribution in [2.24, 2.45) is 11.8 Å². The summed E-state index contributed by atoms with van der Waals surface area (Å²) < 4.78 is 56.8. The van der Waals surface area contributed by atoms with Gasteiger partial charge >= 0.3 is 6.36 Å². The summed E-state index contributed by atoms with van der Waals surface area (Å²) in [4.78, 5) is 12.4. The highest BCUT2D eigenvalue weighted by molar-refractivity contribution is 5.87. The molecule has 0 radical (unpaired) electrons. The summed E-state index contributed by atoms with van der Waals surface area (Å²) in [5.41, 5.74) is -1.18. The highest BCUT2D eigenvalue weighted by Gasteiger charge is 2.72. The Morgan fingerprint density at radius 3 is 2.57 bits per heavy atom. The van der Waals surface area contributed by atoms with Gasteiger partial charge in [0.1, 0.15) is 17.3 Å². The minimum atomic E-state index is -4.64. The summed E-state index contributed by atoms with van der Waals surface area (Å²) in [5.74, 6) is -0.465. The molecule has 0 aromatic heterocycles. The molecule has 0 unspecified atom stereocenters. The molecule has 2 saturated heterocycles. The predicted molar refractivity (Wildman–Crippen MR) is 71.7 cm³/mol. The first-order valence-corrected chi connectivity index (χ1v) is 7.72. The third-order valence-electron chi connectivity index (χ3n) is 5.30. The normalized spacial score (nSPS) is 46.3. The number of Topliss-reactive ketones (excluding diaryl/α,β-unsaturated/α-hetero) is 1. The summed E-state index contributed by atoms with van der Waals surface area (Å²) >= 11 is 0. The first-order valence-electron chi connectivity index (χ1n) is 7.72. The first-order chi connectivity index (χ1) is 10.6. The molecule has 6 atom stereocenters. The Bertz CT molecular complexity index is 490. The molecule has 3 rings (SSSR count). The van der Waals surface area contributed by atoms with Crippen LogP contribution in [0.15, 0.2) is 0 Å². The van der Waals surface area contributed by atoms with Crippen LogP contribution in [0.5, 0.6) is 0 Å². The van der Waals surface area contributed by atoms with E-state index in [1.807, 2.05) is 13.8 Å². The highest BCUT2D eigenvalue weighted by atomic mass is 19.4. The molecule has 3 aliphatic rings. The molecular formula is C15H21F3O5. The van der Waals surface area contributed by atoms with E-state index in [-0.39, 0.29) is 24.0 Å². The fraction of sp³-hybridized carbons (Fsp3) is 0.933. The minimum absolute atomic E-state index is 0.000594. The van der Waals surface area contributed by atoms with Crippen molar-refractivity contribution in [3.8, 4) is 0 Å². The number of halogens is 3. The van der Waals surface area contributed by atoms with Gasteiger partial charge in [0.25, 0.3) is 0 Å². The lowest BCUT2D eigenvalue weighted by Crippen LogP contribution is -2.55. The second kappa shape index (κ2) is 5.40. The van der Waals surface area contributed by atoms with Crippen LogP contribution in [0.4, 0.5) is 13.2 Å². The quantitative estimate of drug-likeness (QED) is 0.718. The van der Waals surface area contributed by atoms with E-state index in [0.29, 0.717) is 13.0 Å². The topological polar surface area (TPSA) is 60.6 Å². The number of carbonyl (C=O) groups excluding carboxylic acids is 1. The van der Waals surface area contributed by atoms with Crippen LogP contribution in [-0.2, 0) is 23.7 Å². The van der Waals surface area contributed by atoms with E-state index in [2.05, 4.69) is 4.74 Å². The van der Waals surface area contributed by atoms with Gasteiger partial charge in [-0.3, -0.25) is 9.53 Å². The number of ketones is 1. The zero-order valence-corrected chi connectivity index (χ0v) is 13.3. The first kappa shape index (κ1) is 17.1. The van der Waals surface area contributed by atoms with Crippen LogP contribution in [0.1, 0.15) is 26.7 Å². The molecule has 23 heavy (non-hydrogen) atoms. The standard InChI is InChI=1S/C15H21F3O5/c1-8-6-14(7-22-14)12(11(20-3)10(8)19)13(2)9(23-13)4-5-21-15(16,17)18/h8-9,11-12H,4-7H2,1-3H3/t8-,9+,11+,12+,13-,14-/m0/s1. The molecule has 0 bridgehead atoms. The smallest absolute Gasteiger partial charge is 0.373 e. The van der Waals surface area contributed by atoms with Gasteiger partial charge in [-0.25, -0.2) is 0 Å². The molecule has 0 aromatic rings. The van der Waals surface area contributed by atoms with Gasteiger partial charge in [-0.1, -0.05) is 6.92 Å². The third kappa shape index (κ3) is 3.01. The van der Waals surface area contributed by atoms with E-state index in [1.54, 1.807) is 0 Å². The molecule has 1 saturated carbocycles. The molecule has 5 nitrogen and oxygen atoms in total. The highest BCUT2D eigenvalue weighted by Crippen LogP contribution is 2.59. The van der Waals surface area contributed by atoms with Gasteiger partial charge in [0.15, 0.2) is 5.78 Å². The number of epoxide rings is 2. The van der Waals surface area contributed by atoms with Crippen molar-refractivity contribution in [2.75, 3.05) is 20.3 Å². The lowest BCUT2D eigenvalue weighted by molar-refractivity contribution is -0.324. The average molecular weight is 338 g/mol. The Morgan fingerprint density at radius 1 is 1.39 bits per heavy atom. The number of ether oxygens (including phenoxy) is 4. The number of carbonyl (C=O) groups is 1. The van der Waals surface area contributed by atoms with Gasteiger partial charge in [0.2, 0.25) is 0 Å². The van der Waals surface area contributed by atoms with Crippen molar-refractivity contribution in [1.82, 2.24) is 0 Å². The largest absolute Gasteiger partial charge is 0.522 e. The molecule has 2 aliphatic heterocycles. The van der Waals surface area contributed by atoms with E-state index >= 15 is 0 Å². The van der Waals surface area contributed by atoms with Crippen LogP contribution in [0.25, 0.3) is 0 Å². The van der Waals surface area contributed by atoms with Crippen molar-refractivity contribution in [3.63, 3.8) is 0 Å². The lowest BCUT2D eigenvalue weighted by atomic mass is 9.66. The molecule has 0 aromatic carbocycles. The summed E-state index contributed by atoms with van der Waals surface area (Å²) in [7, 11) is 1.47. The second-order valence-electron chi connectivity index (χ2n) is 6.87. The number of rotatable bonds is 5. The van der Waals surface area contributed by atoms with Crippen molar-refractivity contribution in [2.45, 2.75) is 56.5 Å². The van der Waals surface area contributed by atoms with E-state index in [1.165, 1.54) is 7.11 Å². The minimum Gasteiger partial charge on any atom is -0.373 e. The van der Waals surface area contributed by atoms with Crippen LogP contribution < -0.4 is 0 Å². The molecular weight excluding hydrogens is 317 g/mol. The van der Waals surface area contributed by atoms with Crippen LogP contribution >= 0.6 is 0 Å². The van der Waals surface area contributed by atoms with Crippen molar-refractivity contribution >= 4 is 5.78 Å². The van der Waals surface area contributed by atoms with Gasteiger partial charge < -0.3 is 14.2 Å². The van der Waals surface area contributed by atoms with Gasteiger partial charge in [-0.15, -0.1) is 13.2 Å². The van der Waals surface area contributed by atoms with Gasteiger partial charge in [0.05, 0.1) is 25.2 Å². The van der Waals surface area contributed by atoms with E-state index in [9.17, 15) is 18.0 Å². The van der Waals surface area contributed by atoms with Crippen molar-refractivity contribution < 1.29 is 36.9 Å². The maximum Gasteiger partial charge on any atom is 0.522 e.